The van der Waals surface area contributed by atoms with Gasteiger partial charge in [-0.3, -0.25) is 0 Å². The Labute approximate surface area is 376 Å². The Morgan fingerprint density at radius 2 is 0.815 bits per heavy atom. The zero-order valence-electron chi connectivity index (χ0n) is 36.7. The fourth-order valence-corrected chi connectivity index (χ4v) is 6.39. The van der Waals surface area contributed by atoms with Crippen LogP contribution < -0.4 is 41.0 Å². The molecule has 0 spiro atoms. The van der Waals surface area contributed by atoms with Gasteiger partial charge >= 0.3 is 17.9 Å². The average Bonchev–Trinajstić information content (AvgIpc) is 3.32. The molecule has 334 valence electrons. The van der Waals surface area contributed by atoms with E-state index in [0.29, 0.717) is 62.7 Å². The maximum Gasteiger partial charge on any atom is 0.337 e. The molecule has 0 aromatic heterocycles. The molecule has 0 heterocycles. The highest BCUT2D eigenvalue weighted by atomic mass is 16.5. The zero-order chi connectivity index (χ0) is 47.0. The molecule has 0 aliphatic carbocycles. The van der Waals surface area contributed by atoms with Crippen LogP contribution in [-0.4, -0.2) is 63.7 Å². The van der Waals surface area contributed by atoms with Crippen molar-refractivity contribution in [2.24, 2.45) is 0 Å². The lowest BCUT2D eigenvalue weighted by Crippen LogP contribution is -2.00. The van der Waals surface area contributed by atoms with Gasteiger partial charge in [-0.25, -0.2) is 14.4 Å². The number of hydrogen-bond donors (Lipinski definition) is 6. The molecular weight excluding hydrogens is 829 g/mol. The molecular formula is C51H50N4O10. The van der Waals surface area contributed by atoms with Crippen LogP contribution in [0.2, 0.25) is 0 Å². The predicted molar refractivity (Wildman–Crippen MR) is 255 cm³/mol. The number of nitrogen functional groups attached to an aromatic ring is 2. The van der Waals surface area contributed by atoms with Crippen LogP contribution in [0.5, 0.6) is 23.0 Å². The fraction of sp³-hybridized carbons (Fsp3) is 0.118. The van der Waals surface area contributed by atoms with Crippen LogP contribution in [0, 0.1) is 6.92 Å². The number of nitrogens with one attached hydrogen (secondary N) is 2. The number of methoxy groups -OCH3 is 5. The number of aromatic carboxylic acids is 2. The molecule has 0 bridgehead atoms. The second-order valence-corrected chi connectivity index (χ2v) is 14.1. The highest BCUT2D eigenvalue weighted by Crippen LogP contribution is 2.37. The van der Waals surface area contributed by atoms with Crippen LogP contribution in [0.4, 0.5) is 34.1 Å². The number of ether oxygens (including phenoxy) is 5. The number of carboxylic acids is 2. The lowest BCUT2D eigenvalue weighted by atomic mass is 10.0. The van der Waals surface area contributed by atoms with Crippen LogP contribution in [0.3, 0.4) is 0 Å². The van der Waals surface area contributed by atoms with Gasteiger partial charge in [0.25, 0.3) is 0 Å². The molecule has 0 amide bonds. The third-order valence-electron chi connectivity index (χ3n) is 9.75. The Kier molecular flexibility index (Phi) is 16.4. The lowest BCUT2D eigenvalue weighted by Gasteiger charge is -2.15. The van der Waals surface area contributed by atoms with E-state index in [0.717, 1.165) is 27.8 Å². The van der Waals surface area contributed by atoms with Crippen molar-refractivity contribution in [2.75, 3.05) is 57.6 Å². The summed E-state index contributed by atoms with van der Waals surface area (Å²) >= 11 is 0. The Bertz CT molecular complexity index is 2630. The van der Waals surface area contributed by atoms with Crippen LogP contribution in [0.1, 0.15) is 36.6 Å². The predicted octanol–water partition coefficient (Wildman–Crippen LogP) is 10.6. The molecule has 14 heteroatoms. The standard InChI is InChI=1S/C28H24N2O6.C14H16N2O2.C9H10O2/c1-35-25-15-17(9-11-23(25)29-21-7-3-5-19(13-21)27(31)32)18-10-12-24(26(16-18)36-2)30-22-8-4-6-20(14-22)28(33)34;1-17-13-7-9(3-5-11(13)15)10-4-6-12(16)14(8-10)18-2;1-7-4-3-5-8(6-7)9(10)11-2/h3-16,29-30H,1-2H3,(H,31,32)(H,33,34);3-8H,15-16H2,1-2H3;3-6H,1-2H3. The molecule has 0 fully saturated rings. The first kappa shape index (κ1) is 47.4. The third kappa shape index (κ3) is 12.7. The lowest BCUT2D eigenvalue weighted by molar-refractivity contribution is 0.0599. The van der Waals surface area contributed by atoms with Crippen LogP contribution in [-0.2, 0) is 4.74 Å². The monoisotopic (exact) mass is 878 g/mol. The first-order valence-corrected chi connectivity index (χ1v) is 19.9. The summed E-state index contributed by atoms with van der Waals surface area (Å²) < 4.78 is 26.1. The number of carboxylic acid groups (broad SMARTS) is 2. The number of esters is 1. The van der Waals surface area contributed by atoms with E-state index >= 15 is 0 Å². The molecule has 0 atom stereocenters. The zero-order valence-corrected chi connectivity index (χ0v) is 36.7. The Hall–Kier alpha value is -8.65. The second kappa shape index (κ2) is 22.4. The van der Waals surface area contributed by atoms with Crippen molar-refractivity contribution in [2.45, 2.75) is 6.92 Å². The van der Waals surface area contributed by atoms with Crippen LogP contribution in [0.25, 0.3) is 22.3 Å². The number of hydrogen-bond acceptors (Lipinski definition) is 12. The molecule has 7 aromatic rings. The molecule has 7 rings (SSSR count). The second-order valence-electron chi connectivity index (χ2n) is 14.1. The molecule has 0 unspecified atom stereocenters. The topological polar surface area (TPSA) is 214 Å². The van der Waals surface area contributed by atoms with Gasteiger partial charge in [-0.15, -0.1) is 0 Å². The van der Waals surface area contributed by atoms with Crippen LogP contribution in [0.15, 0.2) is 146 Å². The molecule has 65 heavy (non-hydrogen) atoms. The summed E-state index contributed by atoms with van der Waals surface area (Å²) in [5, 5.41) is 24.9. The van der Waals surface area contributed by atoms with E-state index in [1.807, 2.05) is 91.9 Å². The number of anilines is 6. The molecule has 14 nitrogen and oxygen atoms in total. The first-order chi connectivity index (χ1) is 31.3. The van der Waals surface area contributed by atoms with Gasteiger partial charge in [0.2, 0.25) is 0 Å². The molecule has 8 N–H and O–H groups in total. The first-order valence-electron chi connectivity index (χ1n) is 19.9. The molecule has 0 saturated carbocycles. The van der Waals surface area contributed by atoms with Gasteiger partial charge in [0, 0.05) is 11.4 Å². The summed E-state index contributed by atoms with van der Waals surface area (Å²) in [7, 11) is 7.70. The van der Waals surface area contributed by atoms with Gasteiger partial charge in [0.15, 0.2) is 0 Å². The highest BCUT2D eigenvalue weighted by Gasteiger charge is 2.13. The largest absolute Gasteiger partial charge is 0.495 e. The van der Waals surface area contributed by atoms with Crippen molar-refractivity contribution in [1.29, 1.82) is 0 Å². The normalized spacial score (nSPS) is 10.1. The molecule has 0 saturated heterocycles. The molecule has 0 radical (unpaired) electrons. The van der Waals surface area contributed by atoms with Crippen molar-refractivity contribution in [3.8, 4) is 45.3 Å². The molecule has 0 aliphatic rings. The summed E-state index contributed by atoms with van der Waals surface area (Å²) in [6.07, 6.45) is 0. The van der Waals surface area contributed by atoms with Crippen molar-refractivity contribution in [3.05, 3.63) is 168 Å². The van der Waals surface area contributed by atoms with Gasteiger partial charge in [-0.1, -0.05) is 54.1 Å². The van der Waals surface area contributed by atoms with E-state index in [9.17, 15) is 24.6 Å². The maximum atomic E-state index is 11.3. The minimum absolute atomic E-state index is 0.186. The smallest absolute Gasteiger partial charge is 0.337 e. The quantitative estimate of drug-likeness (QED) is 0.0470. The Morgan fingerprint density at radius 3 is 1.18 bits per heavy atom. The number of aryl methyl sites for hydroxylation is 1. The van der Waals surface area contributed by atoms with E-state index in [2.05, 4.69) is 15.4 Å². The van der Waals surface area contributed by atoms with Gasteiger partial charge < -0.3 is 56.0 Å². The number of nitrogens with two attached hydrogens (primary N) is 2. The van der Waals surface area contributed by atoms with E-state index in [1.165, 1.54) is 19.2 Å². The minimum Gasteiger partial charge on any atom is -0.495 e. The summed E-state index contributed by atoms with van der Waals surface area (Å²) in [6, 6.07) is 43.0. The minimum atomic E-state index is -0.998. The van der Waals surface area contributed by atoms with Gasteiger partial charge in [-0.2, -0.15) is 0 Å². The molecule has 7 aromatic carbocycles. The third-order valence-corrected chi connectivity index (χ3v) is 9.75. The fourth-order valence-electron chi connectivity index (χ4n) is 6.39. The van der Waals surface area contributed by atoms with Gasteiger partial charge in [0.05, 0.1) is 75.0 Å². The van der Waals surface area contributed by atoms with Crippen molar-refractivity contribution in [3.63, 3.8) is 0 Å². The van der Waals surface area contributed by atoms with E-state index in [1.54, 1.807) is 77.0 Å². The van der Waals surface area contributed by atoms with Crippen molar-refractivity contribution < 1.29 is 48.3 Å². The highest BCUT2D eigenvalue weighted by molar-refractivity contribution is 5.91. The van der Waals surface area contributed by atoms with E-state index < -0.39 is 11.9 Å². The number of carbonyl (C=O) groups excluding carboxylic acids is 1. The number of rotatable bonds is 13. The van der Waals surface area contributed by atoms with Crippen molar-refractivity contribution >= 4 is 52.0 Å². The van der Waals surface area contributed by atoms with E-state index in [4.69, 9.17) is 30.4 Å². The average molecular weight is 879 g/mol. The Morgan fingerprint density at radius 1 is 0.446 bits per heavy atom. The molecule has 0 aliphatic heterocycles. The van der Waals surface area contributed by atoms with Gasteiger partial charge in [-0.05, 0) is 126 Å². The van der Waals surface area contributed by atoms with Crippen molar-refractivity contribution in [1.82, 2.24) is 0 Å². The Balaban J connectivity index is 0.000000225. The van der Waals surface area contributed by atoms with Crippen LogP contribution >= 0.6 is 0 Å². The van der Waals surface area contributed by atoms with Gasteiger partial charge in [0.1, 0.15) is 23.0 Å². The summed E-state index contributed by atoms with van der Waals surface area (Å²) in [5.74, 6) is 0.199. The number of carbonyl (C=O) groups is 3. The van der Waals surface area contributed by atoms with E-state index in [-0.39, 0.29) is 17.1 Å². The summed E-state index contributed by atoms with van der Waals surface area (Å²) in [4.78, 5) is 33.5. The SMILES string of the molecule is COC(=O)c1cccc(C)c1.COc1cc(-c2ccc(N)c(OC)c2)ccc1N.COc1cc(-c2ccc(Nc3cccc(C(=O)O)c3)c(OC)c2)ccc1Nc1cccc(C(=O)O)c1. The maximum absolute atomic E-state index is 11.3. The summed E-state index contributed by atoms with van der Waals surface area (Å²) in [5.41, 5.74) is 21.2. The summed E-state index contributed by atoms with van der Waals surface area (Å²) in [6.45, 7) is 1.94. The number of benzene rings is 7.